The van der Waals surface area contributed by atoms with Gasteiger partial charge in [-0.2, -0.15) is 0 Å². The Labute approximate surface area is 200 Å². The lowest BCUT2D eigenvalue weighted by Gasteiger charge is -2.22. The van der Waals surface area contributed by atoms with Gasteiger partial charge in [0, 0.05) is 19.1 Å². The second-order valence-corrected chi connectivity index (χ2v) is 9.33. The van der Waals surface area contributed by atoms with Gasteiger partial charge in [-0.05, 0) is 51.2 Å². The number of rotatable bonds is 4. The summed E-state index contributed by atoms with van der Waals surface area (Å²) < 4.78 is 34.3. The molecule has 0 spiro atoms. The Hall–Kier alpha value is -2.39. The summed E-state index contributed by atoms with van der Waals surface area (Å²) in [6.07, 6.45) is 8.48. The second kappa shape index (κ2) is 10.5. The fourth-order valence-corrected chi connectivity index (χ4v) is 4.86. The second-order valence-electron chi connectivity index (χ2n) is 9.33. The lowest BCUT2D eigenvalue weighted by Crippen LogP contribution is -2.34. The summed E-state index contributed by atoms with van der Waals surface area (Å²) in [4.78, 5) is 13.4. The zero-order valence-electron chi connectivity index (χ0n) is 20.2. The molecule has 2 aliphatic heterocycles. The Morgan fingerprint density at radius 2 is 1.94 bits per heavy atom. The first-order valence-electron chi connectivity index (χ1n) is 11.7. The highest BCUT2D eigenvalue weighted by atomic mass is 16.8. The van der Waals surface area contributed by atoms with E-state index in [4.69, 9.17) is 28.4 Å². The van der Waals surface area contributed by atoms with E-state index in [1.165, 1.54) is 7.11 Å². The Bertz CT molecular complexity index is 937. The smallest absolute Gasteiger partial charge is 0.342 e. The van der Waals surface area contributed by atoms with Crippen molar-refractivity contribution in [2.24, 2.45) is 5.92 Å². The molecule has 3 aliphatic rings. The molecule has 0 aromatic heterocycles. The van der Waals surface area contributed by atoms with Crippen LogP contribution in [0.25, 0.3) is 6.08 Å². The zero-order valence-corrected chi connectivity index (χ0v) is 20.2. The highest BCUT2D eigenvalue weighted by Gasteiger charge is 2.43. The molecule has 5 atom stereocenters. The van der Waals surface area contributed by atoms with Crippen LogP contribution in [0.3, 0.4) is 0 Å². The molecule has 1 aromatic rings. The number of carbonyl (C=O) groups excluding carboxylic acids is 1. The van der Waals surface area contributed by atoms with Crippen molar-refractivity contribution in [3.63, 3.8) is 0 Å². The van der Waals surface area contributed by atoms with Gasteiger partial charge in [-0.3, -0.25) is 0 Å². The van der Waals surface area contributed by atoms with Crippen LogP contribution >= 0.6 is 0 Å². The van der Waals surface area contributed by atoms with Crippen LogP contribution in [-0.2, 0) is 18.9 Å². The fourth-order valence-electron chi connectivity index (χ4n) is 4.86. The minimum Gasteiger partial charge on any atom is -0.497 e. The Morgan fingerprint density at radius 3 is 2.71 bits per heavy atom. The van der Waals surface area contributed by atoms with Crippen LogP contribution in [0.15, 0.2) is 30.4 Å². The molecule has 0 amide bonds. The monoisotopic (exact) mass is 474 g/mol. The third-order valence-electron chi connectivity index (χ3n) is 6.42. The van der Waals surface area contributed by atoms with Gasteiger partial charge in [0.1, 0.15) is 35.4 Å². The van der Waals surface area contributed by atoms with Crippen LogP contribution in [0.4, 0.5) is 0 Å². The van der Waals surface area contributed by atoms with Crippen molar-refractivity contribution in [1.29, 1.82) is 0 Å². The van der Waals surface area contributed by atoms with E-state index in [2.05, 4.69) is 0 Å². The third kappa shape index (κ3) is 5.46. The van der Waals surface area contributed by atoms with Gasteiger partial charge in [-0.15, -0.1) is 0 Å². The molecule has 1 unspecified atom stereocenters. The Morgan fingerprint density at radius 1 is 1.12 bits per heavy atom. The van der Waals surface area contributed by atoms with Crippen LogP contribution in [0.2, 0.25) is 0 Å². The van der Waals surface area contributed by atoms with Crippen LogP contribution in [-0.4, -0.2) is 62.3 Å². The minimum atomic E-state index is -0.832. The van der Waals surface area contributed by atoms with Crippen LogP contribution < -0.4 is 9.47 Å². The number of ether oxygens (including phenoxy) is 6. The molecule has 1 aromatic carbocycles. The number of methoxy groups -OCH3 is 2. The molecule has 0 bridgehead atoms. The molecular formula is C26H34O8. The summed E-state index contributed by atoms with van der Waals surface area (Å²) >= 11 is 0. The van der Waals surface area contributed by atoms with E-state index in [-0.39, 0.29) is 24.9 Å². The summed E-state index contributed by atoms with van der Waals surface area (Å²) in [5.41, 5.74) is 0.925. The molecule has 1 saturated heterocycles. The lowest BCUT2D eigenvalue weighted by atomic mass is 9.98. The molecule has 34 heavy (non-hydrogen) atoms. The van der Waals surface area contributed by atoms with Gasteiger partial charge in [0.2, 0.25) is 0 Å². The first kappa shape index (κ1) is 24.7. The van der Waals surface area contributed by atoms with E-state index in [0.717, 1.165) is 19.3 Å². The Kier molecular flexibility index (Phi) is 7.62. The van der Waals surface area contributed by atoms with E-state index in [1.54, 1.807) is 25.3 Å². The van der Waals surface area contributed by atoms with Crippen molar-refractivity contribution in [2.75, 3.05) is 21.0 Å². The van der Waals surface area contributed by atoms with E-state index >= 15 is 0 Å². The number of benzene rings is 1. The predicted octanol–water partition coefficient (Wildman–Crippen LogP) is 3.86. The molecule has 4 rings (SSSR count). The van der Waals surface area contributed by atoms with E-state index in [0.29, 0.717) is 29.0 Å². The third-order valence-corrected chi connectivity index (χ3v) is 6.42. The average Bonchev–Trinajstić information content (AvgIpc) is 3.37. The maximum Gasteiger partial charge on any atom is 0.342 e. The summed E-state index contributed by atoms with van der Waals surface area (Å²) in [6, 6.07) is 3.43. The predicted molar refractivity (Wildman–Crippen MR) is 125 cm³/mol. The molecule has 1 N–H and O–H groups in total. The highest BCUT2D eigenvalue weighted by molar-refractivity contribution is 5.97. The molecule has 0 radical (unpaired) electrons. The topological polar surface area (TPSA) is 92.7 Å². The maximum absolute atomic E-state index is 13.4. The molecule has 8 nitrogen and oxygen atoms in total. The van der Waals surface area contributed by atoms with Gasteiger partial charge in [-0.1, -0.05) is 24.3 Å². The molecule has 1 aliphatic carbocycles. The largest absolute Gasteiger partial charge is 0.497 e. The summed E-state index contributed by atoms with van der Waals surface area (Å²) in [7, 11) is 3.07. The zero-order chi connectivity index (χ0) is 24.3. The average molecular weight is 475 g/mol. The van der Waals surface area contributed by atoms with E-state index in [1.807, 2.05) is 32.1 Å². The molecule has 2 fully saturated rings. The number of aliphatic hydroxyl groups is 1. The maximum atomic E-state index is 13.4. The number of carbonyl (C=O) groups is 1. The molecule has 2 heterocycles. The normalized spacial score (nSPS) is 30.6. The van der Waals surface area contributed by atoms with Crippen LogP contribution in [0.5, 0.6) is 11.5 Å². The molecular weight excluding hydrogens is 440 g/mol. The number of hydrogen-bond donors (Lipinski definition) is 1. The van der Waals surface area contributed by atoms with Crippen molar-refractivity contribution < 1.29 is 38.3 Å². The van der Waals surface area contributed by atoms with Crippen molar-refractivity contribution in [3.8, 4) is 11.5 Å². The van der Waals surface area contributed by atoms with Gasteiger partial charge < -0.3 is 33.5 Å². The summed E-state index contributed by atoms with van der Waals surface area (Å²) in [6.45, 7) is 3.66. The number of esters is 1. The quantitative estimate of drug-likeness (QED) is 0.400. The number of aliphatic hydroxyl groups excluding tert-OH is 1. The highest BCUT2D eigenvalue weighted by Crippen LogP contribution is 2.37. The number of hydrogen-bond acceptors (Lipinski definition) is 8. The first-order chi connectivity index (χ1) is 16.3. The van der Waals surface area contributed by atoms with Gasteiger partial charge in [-0.25, -0.2) is 4.79 Å². The van der Waals surface area contributed by atoms with Crippen molar-refractivity contribution in [3.05, 3.63) is 41.5 Å². The lowest BCUT2D eigenvalue weighted by molar-refractivity contribution is -0.152. The SMILES string of the molecule is COCOc1cc(OC)cc2c1C(=O)O[C@H]1CCC[C@@H]1C=CC(O)[C@H]1OC(C)(C)O[C@H]1CC=C2. The van der Waals surface area contributed by atoms with E-state index in [9.17, 15) is 9.90 Å². The fraction of sp³-hybridized carbons (Fsp3) is 0.577. The first-order valence-corrected chi connectivity index (χ1v) is 11.7. The van der Waals surface area contributed by atoms with Crippen molar-refractivity contribution >= 4 is 12.0 Å². The summed E-state index contributed by atoms with van der Waals surface area (Å²) in [5, 5.41) is 10.9. The standard InChI is InChI=1S/C26H34O8/c1-26(2)33-21-10-6-8-17-13-18(30-4)14-22(31-15-29-3)23(17)25(28)32-20-9-5-7-16(20)11-12-19(27)24(21)34-26/h6,8,11-14,16,19-21,24,27H,5,7,9-10,15H2,1-4H3/t16-,19?,20+,21+,24-/m1/s1. The van der Waals surface area contributed by atoms with E-state index < -0.39 is 24.0 Å². The minimum absolute atomic E-state index is 0.0101. The Balaban J connectivity index is 1.76. The van der Waals surface area contributed by atoms with Gasteiger partial charge in [0.25, 0.3) is 0 Å². The van der Waals surface area contributed by atoms with Gasteiger partial charge >= 0.3 is 5.97 Å². The van der Waals surface area contributed by atoms with Crippen LogP contribution in [0, 0.1) is 5.92 Å². The van der Waals surface area contributed by atoms with Gasteiger partial charge in [0.05, 0.1) is 13.2 Å². The van der Waals surface area contributed by atoms with Crippen molar-refractivity contribution in [1.82, 2.24) is 0 Å². The van der Waals surface area contributed by atoms with Gasteiger partial charge in [0.15, 0.2) is 12.6 Å². The van der Waals surface area contributed by atoms with Crippen molar-refractivity contribution in [2.45, 2.75) is 69.7 Å². The summed E-state index contributed by atoms with van der Waals surface area (Å²) in [5.74, 6) is -0.381. The molecule has 186 valence electrons. The van der Waals surface area contributed by atoms with Crippen LogP contribution in [0.1, 0.15) is 55.5 Å². The molecule has 8 heteroatoms. The number of fused-ring (bicyclic) bond motifs is 3. The molecule has 1 saturated carbocycles.